The topological polar surface area (TPSA) is 97.6 Å². The van der Waals surface area contributed by atoms with Gasteiger partial charge in [0.2, 0.25) is 0 Å². The number of hydrogen-bond acceptors (Lipinski definition) is 5. The number of hydrogen-bond donors (Lipinski definition) is 0. The SMILES string of the molecule is O=C(c1ccc(Cl)c([N+](=O)[O-])c1)N(c1ccc(Cl)cc1)C1C=CS(=O)(=O)C1. The lowest BCUT2D eigenvalue weighted by molar-refractivity contribution is -0.384. The lowest BCUT2D eigenvalue weighted by atomic mass is 10.1. The smallest absolute Gasteiger partial charge is 0.288 e. The summed E-state index contributed by atoms with van der Waals surface area (Å²) < 4.78 is 23.7. The van der Waals surface area contributed by atoms with Crippen LogP contribution in [0.1, 0.15) is 10.4 Å². The van der Waals surface area contributed by atoms with Gasteiger partial charge in [-0.25, -0.2) is 8.42 Å². The van der Waals surface area contributed by atoms with Crippen LogP contribution in [0.15, 0.2) is 53.9 Å². The molecule has 0 saturated heterocycles. The molecular formula is C17H12Cl2N2O5S. The summed E-state index contributed by atoms with van der Waals surface area (Å²) in [4.78, 5) is 24.8. The highest BCUT2D eigenvalue weighted by Gasteiger charge is 2.32. The average Bonchev–Trinajstić information content (AvgIpc) is 2.96. The first-order valence-corrected chi connectivity index (χ1v) is 10.1. The molecule has 140 valence electrons. The standard InChI is InChI=1S/C17H12Cl2N2O5S/c18-12-2-4-13(5-3-12)20(14-7-8-27(25,26)10-14)17(22)11-1-6-15(19)16(9-11)21(23)24/h1-9,14H,10H2. The molecule has 0 aliphatic carbocycles. The Balaban J connectivity index is 2.06. The first-order chi connectivity index (χ1) is 12.7. The summed E-state index contributed by atoms with van der Waals surface area (Å²) in [6.07, 6.45) is 1.41. The third-order valence-electron chi connectivity index (χ3n) is 3.96. The van der Waals surface area contributed by atoms with E-state index in [1.54, 1.807) is 24.3 Å². The Morgan fingerprint density at radius 2 is 1.81 bits per heavy atom. The van der Waals surface area contributed by atoms with Gasteiger partial charge in [0, 0.05) is 27.7 Å². The molecule has 3 rings (SSSR count). The minimum absolute atomic E-state index is 0.0127. The van der Waals surface area contributed by atoms with Crippen molar-refractivity contribution in [2.24, 2.45) is 0 Å². The van der Waals surface area contributed by atoms with Crippen LogP contribution < -0.4 is 4.90 Å². The first-order valence-electron chi connectivity index (χ1n) is 7.62. The maximum Gasteiger partial charge on any atom is 0.288 e. The summed E-state index contributed by atoms with van der Waals surface area (Å²) in [5.74, 6) is -0.874. The number of benzene rings is 2. The Morgan fingerprint density at radius 1 is 1.15 bits per heavy atom. The van der Waals surface area contributed by atoms with E-state index in [1.807, 2.05) is 0 Å². The molecule has 1 heterocycles. The second kappa shape index (κ2) is 7.30. The number of carbonyl (C=O) groups is 1. The molecule has 0 spiro atoms. The molecule has 1 aliphatic rings. The van der Waals surface area contributed by atoms with E-state index in [1.165, 1.54) is 23.1 Å². The summed E-state index contributed by atoms with van der Waals surface area (Å²) in [5.41, 5.74) is 0.0145. The second-order valence-electron chi connectivity index (χ2n) is 5.80. The fourth-order valence-corrected chi connectivity index (χ4v) is 4.29. The van der Waals surface area contributed by atoms with Crippen molar-refractivity contribution in [1.29, 1.82) is 0 Å². The van der Waals surface area contributed by atoms with Crippen LogP contribution in [0.5, 0.6) is 0 Å². The average molecular weight is 427 g/mol. The zero-order valence-electron chi connectivity index (χ0n) is 13.6. The number of carbonyl (C=O) groups excluding carboxylic acids is 1. The summed E-state index contributed by atoms with van der Waals surface area (Å²) >= 11 is 11.7. The zero-order valence-corrected chi connectivity index (χ0v) is 15.9. The summed E-state index contributed by atoms with van der Waals surface area (Å²) in [6.45, 7) is 0. The molecule has 1 unspecified atom stereocenters. The van der Waals surface area contributed by atoms with Gasteiger partial charge >= 0.3 is 0 Å². The van der Waals surface area contributed by atoms with E-state index in [0.717, 1.165) is 11.5 Å². The van der Waals surface area contributed by atoms with Crippen molar-refractivity contribution in [2.45, 2.75) is 6.04 Å². The Kier molecular flexibility index (Phi) is 5.23. The predicted octanol–water partition coefficient (Wildman–Crippen LogP) is 3.86. The van der Waals surface area contributed by atoms with E-state index in [-0.39, 0.29) is 16.3 Å². The lowest BCUT2D eigenvalue weighted by Gasteiger charge is -2.28. The Morgan fingerprint density at radius 3 is 2.37 bits per heavy atom. The normalized spacial score (nSPS) is 17.6. The molecule has 2 aromatic rings. The molecule has 0 aromatic heterocycles. The third-order valence-corrected chi connectivity index (χ3v) is 5.91. The number of halogens is 2. The van der Waals surface area contributed by atoms with Gasteiger partial charge in [-0.1, -0.05) is 23.2 Å². The van der Waals surface area contributed by atoms with Gasteiger partial charge < -0.3 is 4.90 Å². The first kappa shape index (κ1) is 19.3. The van der Waals surface area contributed by atoms with Crippen molar-refractivity contribution >= 4 is 50.3 Å². The van der Waals surface area contributed by atoms with Gasteiger partial charge in [0.15, 0.2) is 9.84 Å². The fraction of sp³-hybridized carbons (Fsp3) is 0.118. The predicted molar refractivity (Wildman–Crippen MR) is 103 cm³/mol. The third kappa shape index (κ3) is 4.13. The van der Waals surface area contributed by atoms with Gasteiger partial charge in [0.25, 0.3) is 11.6 Å². The minimum atomic E-state index is -3.43. The molecule has 1 amide bonds. The van der Waals surface area contributed by atoms with Crippen LogP contribution in [0, 0.1) is 10.1 Å². The van der Waals surface area contributed by atoms with Crippen LogP contribution in [0.25, 0.3) is 0 Å². The second-order valence-corrected chi connectivity index (χ2v) is 8.58. The fourth-order valence-electron chi connectivity index (χ4n) is 2.71. The van der Waals surface area contributed by atoms with E-state index in [4.69, 9.17) is 23.2 Å². The largest absolute Gasteiger partial charge is 0.300 e. The van der Waals surface area contributed by atoms with Crippen LogP contribution >= 0.6 is 23.2 Å². The highest BCUT2D eigenvalue weighted by Crippen LogP contribution is 2.29. The van der Waals surface area contributed by atoms with Crippen molar-refractivity contribution in [2.75, 3.05) is 10.7 Å². The summed E-state index contributed by atoms with van der Waals surface area (Å²) in [6, 6.07) is 9.21. The van der Waals surface area contributed by atoms with E-state index in [9.17, 15) is 23.3 Å². The van der Waals surface area contributed by atoms with Crippen LogP contribution in [0.2, 0.25) is 10.0 Å². The quantitative estimate of drug-likeness (QED) is 0.545. The van der Waals surface area contributed by atoms with Gasteiger partial charge in [-0.05, 0) is 42.5 Å². The van der Waals surface area contributed by atoms with Gasteiger partial charge in [-0.2, -0.15) is 0 Å². The molecule has 0 saturated carbocycles. The Hall–Kier alpha value is -2.42. The summed E-state index contributed by atoms with van der Waals surface area (Å²) in [7, 11) is -3.43. The van der Waals surface area contributed by atoms with E-state index < -0.39 is 32.4 Å². The monoisotopic (exact) mass is 426 g/mol. The van der Waals surface area contributed by atoms with Crippen molar-refractivity contribution < 1.29 is 18.1 Å². The number of nitrogens with zero attached hydrogens (tertiary/aromatic N) is 2. The van der Waals surface area contributed by atoms with Crippen molar-refractivity contribution in [3.05, 3.63) is 79.7 Å². The van der Waals surface area contributed by atoms with E-state index in [0.29, 0.717) is 10.7 Å². The van der Waals surface area contributed by atoms with Crippen LogP contribution in [0.4, 0.5) is 11.4 Å². The number of nitro groups is 1. The molecule has 2 aromatic carbocycles. The molecule has 0 radical (unpaired) electrons. The maximum atomic E-state index is 13.1. The highest BCUT2D eigenvalue weighted by atomic mass is 35.5. The maximum absolute atomic E-state index is 13.1. The molecule has 0 fully saturated rings. The molecule has 1 aliphatic heterocycles. The van der Waals surface area contributed by atoms with Crippen molar-refractivity contribution in [3.8, 4) is 0 Å². The molecule has 0 N–H and O–H groups in total. The molecule has 27 heavy (non-hydrogen) atoms. The highest BCUT2D eigenvalue weighted by molar-refractivity contribution is 7.94. The molecular weight excluding hydrogens is 415 g/mol. The lowest BCUT2D eigenvalue weighted by Crippen LogP contribution is -2.41. The van der Waals surface area contributed by atoms with E-state index in [2.05, 4.69) is 0 Å². The molecule has 10 heteroatoms. The van der Waals surface area contributed by atoms with Crippen molar-refractivity contribution in [1.82, 2.24) is 0 Å². The van der Waals surface area contributed by atoms with Gasteiger partial charge in [-0.15, -0.1) is 0 Å². The Labute approximate surface area is 164 Å². The number of nitro benzene ring substituents is 1. The number of sulfone groups is 1. The van der Waals surface area contributed by atoms with Crippen molar-refractivity contribution in [3.63, 3.8) is 0 Å². The van der Waals surface area contributed by atoms with Gasteiger partial charge in [-0.3, -0.25) is 14.9 Å². The minimum Gasteiger partial charge on any atom is -0.300 e. The Bertz CT molecular complexity index is 1050. The van der Waals surface area contributed by atoms with Gasteiger partial charge in [0.05, 0.1) is 16.7 Å². The van der Waals surface area contributed by atoms with E-state index >= 15 is 0 Å². The molecule has 7 nitrogen and oxygen atoms in total. The molecule has 1 atom stereocenters. The van der Waals surface area contributed by atoms with Crippen LogP contribution in [0.3, 0.4) is 0 Å². The molecule has 0 bridgehead atoms. The van der Waals surface area contributed by atoms with Crippen LogP contribution in [-0.2, 0) is 9.84 Å². The van der Waals surface area contributed by atoms with Gasteiger partial charge in [0.1, 0.15) is 5.02 Å². The number of anilines is 1. The zero-order chi connectivity index (χ0) is 19.8. The number of rotatable bonds is 4. The van der Waals surface area contributed by atoms with Crippen LogP contribution in [-0.4, -0.2) is 31.0 Å². The summed E-state index contributed by atoms with van der Waals surface area (Å²) in [5, 5.41) is 12.5. The number of amides is 1.